The Bertz CT molecular complexity index is 969. The summed E-state index contributed by atoms with van der Waals surface area (Å²) in [6.45, 7) is 3.48. The molecule has 1 atom stereocenters. The van der Waals surface area contributed by atoms with Gasteiger partial charge in [-0.3, -0.25) is 14.5 Å². The number of amides is 2. The first-order valence-electron chi connectivity index (χ1n) is 10.1. The van der Waals surface area contributed by atoms with Gasteiger partial charge in [0.1, 0.15) is 17.4 Å². The van der Waals surface area contributed by atoms with Crippen molar-refractivity contribution in [3.05, 3.63) is 40.2 Å². The highest BCUT2D eigenvalue weighted by atomic mass is 16.5. The molecule has 2 heterocycles. The molecule has 1 fully saturated rings. The topological polar surface area (TPSA) is 130 Å². The quantitative estimate of drug-likeness (QED) is 0.441. The number of benzene rings is 1. The highest BCUT2D eigenvalue weighted by Crippen LogP contribution is 2.22. The van der Waals surface area contributed by atoms with Crippen molar-refractivity contribution >= 4 is 22.8 Å². The minimum absolute atomic E-state index is 0.147. The highest BCUT2D eigenvalue weighted by molar-refractivity contribution is 5.91. The summed E-state index contributed by atoms with van der Waals surface area (Å²) in [5, 5.41) is 15.4. The summed E-state index contributed by atoms with van der Waals surface area (Å²) in [5.41, 5.74) is 0.160. The Hall–Kier alpha value is -2.95. The van der Waals surface area contributed by atoms with Crippen LogP contribution < -0.4 is 21.0 Å². The molecule has 168 valence electrons. The van der Waals surface area contributed by atoms with Crippen molar-refractivity contribution in [1.82, 2.24) is 15.5 Å². The number of ether oxygens (including phenoxy) is 2. The second kappa shape index (κ2) is 10.9. The maximum absolute atomic E-state index is 12.5. The van der Waals surface area contributed by atoms with Crippen LogP contribution in [0.4, 0.5) is 0 Å². The average molecular weight is 433 g/mol. The van der Waals surface area contributed by atoms with Gasteiger partial charge < -0.3 is 29.6 Å². The van der Waals surface area contributed by atoms with Gasteiger partial charge in [-0.05, 0) is 17.7 Å². The van der Waals surface area contributed by atoms with Crippen LogP contribution in [0.1, 0.15) is 5.56 Å². The number of aliphatic hydroxyl groups is 1. The van der Waals surface area contributed by atoms with Gasteiger partial charge in [-0.2, -0.15) is 0 Å². The van der Waals surface area contributed by atoms with Crippen LogP contribution in [-0.2, 0) is 20.7 Å². The molecule has 10 nitrogen and oxygen atoms in total. The molecule has 1 aromatic heterocycles. The van der Waals surface area contributed by atoms with Gasteiger partial charge >= 0.3 is 5.63 Å². The molecule has 0 aliphatic carbocycles. The second-order valence-electron chi connectivity index (χ2n) is 7.18. The fourth-order valence-electron chi connectivity index (χ4n) is 3.38. The zero-order valence-corrected chi connectivity index (χ0v) is 17.4. The molecule has 31 heavy (non-hydrogen) atoms. The van der Waals surface area contributed by atoms with Crippen molar-refractivity contribution in [2.24, 2.45) is 0 Å². The monoisotopic (exact) mass is 433 g/mol. The molecule has 10 heteroatoms. The van der Waals surface area contributed by atoms with Gasteiger partial charge in [-0.1, -0.05) is 0 Å². The van der Waals surface area contributed by atoms with Crippen molar-refractivity contribution in [3.63, 3.8) is 0 Å². The molecule has 0 spiro atoms. The van der Waals surface area contributed by atoms with E-state index in [-0.39, 0.29) is 6.42 Å². The SMILES string of the molecule is COc1ccc2c(CC(=O)NC(CO)C(=O)NCCN3CCOCC3)cc(=O)oc2c1. The van der Waals surface area contributed by atoms with Crippen LogP contribution in [0.25, 0.3) is 11.0 Å². The van der Waals surface area contributed by atoms with Crippen LogP contribution in [0.5, 0.6) is 5.75 Å². The Kier molecular flexibility index (Phi) is 7.99. The van der Waals surface area contributed by atoms with Crippen LogP contribution in [0.3, 0.4) is 0 Å². The Morgan fingerprint density at radius 3 is 2.74 bits per heavy atom. The summed E-state index contributed by atoms with van der Waals surface area (Å²) in [4.78, 5) is 38.9. The van der Waals surface area contributed by atoms with Gasteiger partial charge in [0.25, 0.3) is 0 Å². The van der Waals surface area contributed by atoms with Crippen LogP contribution in [0.2, 0.25) is 0 Å². The number of fused-ring (bicyclic) bond motifs is 1. The molecule has 3 rings (SSSR count). The molecule has 2 amide bonds. The zero-order chi connectivity index (χ0) is 22.2. The molecule has 1 aliphatic rings. The standard InChI is InChI=1S/C21H27N3O7/c1-29-15-2-3-16-14(11-20(27)31-18(16)12-15)10-19(26)23-17(13-25)21(28)22-4-5-24-6-8-30-9-7-24/h2-3,11-12,17,25H,4-10,13H2,1H3,(H,22,28)(H,23,26). The van der Waals surface area contributed by atoms with Crippen molar-refractivity contribution in [1.29, 1.82) is 0 Å². The summed E-state index contributed by atoms with van der Waals surface area (Å²) in [7, 11) is 1.50. The number of nitrogens with zero attached hydrogens (tertiary/aromatic N) is 1. The Morgan fingerprint density at radius 1 is 1.26 bits per heavy atom. The molecule has 1 aromatic carbocycles. The van der Waals surface area contributed by atoms with Crippen LogP contribution in [0, 0.1) is 0 Å². The fourth-order valence-corrected chi connectivity index (χ4v) is 3.38. The van der Waals surface area contributed by atoms with E-state index in [0.29, 0.717) is 48.6 Å². The lowest BCUT2D eigenvalue weighted by atomic mass is 10.1. The molecule has 2 aromatic rings. The number of methoxy groups -OCH3 is 1. The number of hydrogen-bond donors (Lipinski definition) is 3. The van der Waals surface area contributed by atoms with Crippen LogP contribution in [0.15, 0.2) is 33.5 Å². The number of carbonyl (C=O) groups is 2. The van der Waals surface area contributed by atoms with E-state index in [1.807, 2.05) is 0 Å². The molecular weight excluding hydrogens is 406 g/mol. The highest BCUT2D eigenvalue weighted by Gasteiger charge is 2.21. The van der Waals surface area contributed by atoms with Gasteiger partial charge in [-0.25, -0.2) is 4.79 Å². The largest absolute Gasteiger partial charge is 0.497 e. The normalized spacial score (nSPS) is 15.4. The Balaban J connectivity index is 1.58. The van der Waals surface area contributed by atoms with Crippen molar-refractivity contribution in [2.75, 3.05) is 53.1 Å². The van der Waals surface area contributed by atoms with Crippen molar-refractivity contribution in [3.8, 4) is 5.75 Å². The molecule has 0 saturated carbocycles. The molecule has 0 bridgehead atoms. The van der Waals surface area contributed by atoms with Crippen molar-refractivity contribution < 1.29 is 28.6 Å². The van der Waals surface area contributed by atoms with Gasteiger partial charge in [0, 0.05) is 43.7 Å². The van der Waals surface area contributed by atoms with E-state index in [9.17, 15) is 19.5 Å². The van der Waals surface area contributed by atoms with Gasteiger partial charge in [-0.15, -0.1) is 0 Å². The van der Waals surface area contributed by atoms with E-state index in [1.165, 1.54) is 13.2 Å². The third kappa shape index (κ3) is 6.27. The molecule has 0 radical (unpaired) electrons. The molecule has 1 aliphatic heterocycles. The van der Waals surface area contributed by atoms with Crippen LogP contribution >= 0.6 is 0 Å². The van der Waals surface area contributed by atoms with Gasteiger partial charge in [0.2, 0.25) is 11.8 Å². The lowest BCUT2D eigenvalue weighted by Crippen LogP contribution is -2.51. The smallest absolute Gasteiger partial charge is 0.336 e. The van der Waals surface area contributed by atoms with E-state index < -0.39 is 30.1 Å². The lowest BCUT2D eigenvalue weighted by Gasteiger charge is -2.26. The number of rotatable bonds is 9. The van der Waals surface area contributed by atoms with E-state index in [1.54, 1.807) is 18.2 Å². The number of nitrogens with one attached hydrogen (secondary N) is 2. The van der Waals surface area contributed by atoms with E-state index in [4.69, 9.17) is 13.9 Å². The lowest BCUT2D eigenvalue weighted by molar-refractivity contribution is -0.129. The summed E-state index contributed by atoms with van der Waals surface area (Å²) >= 11 is 0. The summed E-state index contributed by atoms with van der Waals surface area (Å²) in [6, 6.07) is 5.12. The first-order chi connectivity index (χ1) is 15.0. The summed E-state index contributed by atoms with van der Waals surface area (Å²) < 4.78 is 15.6. The number of hydrogen-bond acceptors (Lipinski definition) is 8. The maximum Gasteiger partial charge on any atom is 0.336 e. The van der Waals surface area contributed by atoms with Gasteiger partial charge in [0.15, 0.2) is 0 Å². The summed E-state index contributed by atoms with van der Waals surface area (Å²) in [6.07, 6.45) is -0.147. The zero-order valence-electron chi connectivity index (χ0n) is 17.4. The van der Waals surface area contributed by atoms with Crippen LogP contribution in [-0.4, -0.2) is 81.0 Å². The number of carbonyl (C=O) groups excluding carboxylic acids is 2. The first-order valence-corrected chi connectivity index (χ1v) is 10.1. The maximum atomic E-state index is 12.5. The number of morpholine rings is 1. The third-order valence-corrected chi connectivity index (χ3v) is 5.05. The van der Waals surface area contributed by atoms with E-state index >= 15 is 0 Å². The Labute approximate surface area is 179 Å². The first kappa shape index (κ1) is 22.7. The Morgan fingerprint density at radius 2 is 2.03 bits per heavy atom. The molecule has 3 N–H and O–H groups in total. The minimum Gasteiger partial charge on any atom is -0.497 e. The van der Waals surface area contributed by atoms with E-state index in [2.05, 4.69) is 15.5 Å². The predicted octanol–water partition coefficient (Wildman–Crippen LogP) is -0.730. The molecule has 1 saturated heterocycles. The van der Waals surface area contributed by atoms with E-state index in [0.717, 1.165) is 13.1 Å². The summed E-state index contributed by atoms with van der Waals surface area (Å²) in [5.74, 6) is -0.442. The minimum atomic E-state index is -1.08. The predicted molar refractivity (Wildman–Crippen MR) is 112 cm³/mol. The molecular formula is C21H27N3O7. The van der Waals surface area contributed by atoms with Crippen molar-refractivity contribution in [2.45, 2.75) is 12.5 Å². The average Bonchev–Trinajstić information content (AvgIpc) is 2.77. The second-order valence-corrected chi connectivity index (χ2v) is 7.18. The number of aliphatic hydroxyl groups excluding tert-OH is 1. The third-order valence-electron chi connectivity index (χ3n) is 5.05. The van der Waals surface area contributed by atoms with Gasteiger partial charge in [0.05, 0.1) is 33.4 Å². The molecule has 1 unspecified atom stereocenters. The fraction of sp³-hybridized carbons (Fsp3) is 0.476.